The zero-order chi connectivity index (χ0) is 18.6. The molecular weight excluding hydrogens is 338 g/mol. The number of nitrogens with zero attached hydrogens (tertiary/aromatic N) is 4. The molecule has 1 aliphatic heterocycles. The fourth-order valence-corrected chi connectivity index (χ4v) is 4.28. The fourth-order valence-electron chi connectivity index (χ4n) is 4.28. The molecule has 2 heterocycles. The van der Waals surface area contributed by atoms with E-state index < -0.39 is 0 Å². The fraction of sp³-hybridized carbons (Fsp3) is 0.524. The number of urea groups is 1. The second-order valence-electron chi connectivity index (χ2n) is 7.75. The number of aromatic nitrogens is 2. The molecule has 0 saturated carbocycles. The highest BCUT2D eigenvalue weighted by Gasteiger charge is 2.28. The molecule has 0 spiro atoms. The molecule has 1 saturated heterocycles. The van der Waals surface area contributed by atoms with Crippen molar-refractivity contribution < 1.29 is 4.79 Å². The van der Waals surface area contributed by atoms with Crippen molar-refractivity contribution in [2.45, 2.75) is 38.3 Å². The highest BCUT2D eigenvalue weighted by molar-refractivity contribution is 5.74. The second kappa shape index (κ2) is 8.13. The van der Waals surface area contributed by atoms with E-state index in [9.17, 15) is 4.79 Å². The van der Waals surface area contributed by atoms with Gasteiger partial charge in [-0.15, -0.1) is 0 Å². The Hall–Kier alpha value is -2.34. The Morgan fingerprint density at radius 2 is 1.96 bits per heavy atom. The van der Waals surface area contributed by atoms with Gasteiger partial charge in [0.05, 0.1) is 6.33 Å². The number of fused-ring (bicyclic) bond motifs is 1. The summed E-state index contributed by atoms with van der Waals surface area (Å²) in [6, 6.07) is 9.64. The van der Waals surface area contributed by atoms with Gasteiger partial charge in [0.1, 0.15) is 0 Å². The Balaban J connectivity index is 1.27. The molecule has 6 nitrogen and oxygen atoms in total. The van der Waals surface area contributed by atoms with Crippen LogP contribution >= 0.6 is 0 Å². The van der Waals surface area contributed by atoms with Crippen LogP contribution in [0.1, 0.15) is 30.5 Å². The summed E-state index contributed by atoms with van der Waals surface area (Å²) >= 11 is 0. The SMILES string of the molecule is C[C@@H](CNC(=O)N1CCCN(C2Cc3ccccc3C2)CC1)n1ccnc1. The quantitative estimate of drug-likeness (QED) is 0.902. The zero-order valence-electron chi connectivity index (χ0n) is 16.1. The highest BCUT2D eigenvalue weighted by atomic mass is 16.2. The van der Waals surface area contributed by atoms with Crippen LogP contribution in [0.15, 0.2) is 43.0 Å². The van der Waals surface area contributed by atoms with Gasteiger partial charge < -0.3 is 14.8 Å². The summed E-state index contributed by atoms with van der Waals surface area (Å²) in [5.74, 6) is 0. The molecule has 0 unspecified atom stereocenters. The largest absolute Gasteiger partial charge is 0.336 e. The van der Waals surface area contributed by atoms with Crippen LogP contribution in [0.4, 0.5) is 4.79 Å². The first-order chi connectivity index (χ1) is 13.2. The Labute approximate surface area is 161 Å². The van der Waals surface area contributed by atoms with Crippen molar-refractivity contribution >= 4 is 6.03 Å². The average molecular weight is 367 g/mol. The van der Waals surface area contributed by atoms with E-state index >= 15 is 0 Å². The molecular formula is C21H29N5O. The topological polar surface area (TPSA) is 53.4 Å². The molecule has 1 atom stereocenters. The number of imidazole rings is 1. The van der Waals surface area contributed by atoms with E-state index in [0.717, 1.165) is 45.4 Å². The van der Waals surface area contributed by atoms with Crippen LogP contribution in [0.5, 0.6) is 0 Å². The first-order valence-corrected chi connectivity index (χ1v) is 10.0. The summed E-state index contributed by atoms with van der Waals surface area (Å²) in [7, 11) is 0. The van der Waals surface area contributed by atoms with Gasteiger partial charge in [0.25, 0.3) is 0 Å². The molecule has 2 aliphatic rings. The molecule has 144 valence electrons. The van der Waals surface area contributed by atoms with Gasteiger partial charge in [-0.3, -0.25) is 4.90 Å². The molecule has 1 aromatic carbocycles. The highest BCUT2D eigenvalue weighted by Crippen LogP contribution is 2.26. The van der Waals surface area contributed by atoms with E-state index in [4.69, 9.17) is 0 Å². The predicted molar refractivity (Wildman–Crippen MR) is 106 cm³/mol. The molecule has 0 bridgehead atoms. The van der Waals surface area contributed by atoms with Crippen LogP contribution in [0.25, 0.3) is 0 Å². The summed E-state index contributed by atoms with van der Waals surface area (Å²) in [5, 5.41) is 3.09. The molecule has 1 N–H and O–H groups in total. The second-order valence-corrected chi connectivity index (χ2v) is 7.75. The van der Waals surface area contributed by atoms with Crippen molar-refractivity contribution in [1.82, 2.24) is 24.7 Å². The van der Waals surface area contributed by atoms with E-state index in [1.807, 2.05) is 15.7 Å². The van der Waals surface area contributed by atoms with Crippen molar-refractivity contribution in [3.05, 3.63) is 54.1 Å². The van der Waals surface area contributed by atoms with Crippen LogP contribution in [0.3, 0.4) is 0 Å². The Kier molecular flexibility index (Phi) is 5.43. The molecule has 1 fully saturated rings. The lowest BCUT2D eigenvalue weighted by Gasteiger charge is -2.27. The van der Waals surface area contributed by atoms with Crippen LogP contribution in [-0.4, -0.2) is 64.1 Å². The maximum atomic E-state index is 12.6. The average Bonchev–Trinajstić information content (AvgIpc) is 3.30. The lowest BCUT2D eigenvalue weighted by Crippen LogP contribution is -2.44. The van der Waals surface area contributed by atoms with Crippen LogP contribution < -0.4 is 5.32 Å². The van der Waals surface area contributed by atoms with Gasteiger partial charge in [0.2, 0.25) is 0 Å². The van der Waals surface area contributed by atoms with Crippen molar-refractivity contribution in [1.29, 1.82) is 0 Å². The van der Waals surface area contributed by atoms with Crippen molar-refractivity contribution in [2.24, 2.45) is 0 Å². The van der Waals surface area contributed by atoms with Crippen molar-refractivity contribution in [2.75, 3.05) is 32.7 Å². The number of rotatable bonds is 4. The Morgan fingerprint density at radius 1 is 1.19 bits per heavy atom. The summed E-state index contributed by atoms with van der Waals surface area (Å²) in [4.78, 5) is 21.2. The van der Waals surface area contributed by atoms with E-state index in [1.165, 1.54) is 11.1 Å². The van der Waals surface area contributed by atoms with Gasteiger partial charge in [0, 0.05) is 57.2 Å². The van der Waals surface area contributed by atoms with Crippen LogP contribution in [-0.2, 0) is 12.8 Å². The zero-order valence-corrected chi connectivity index (χ0v) is 16.1. The smallest absolute Gasteiger partial charge is 0.317 e. The number of hydrogen-bond donors (Lipinski definition) is 1. The summed E-state index contributed by atoms with van der Waals surface area (Å²) < 4.78 is 2.02. The van der Waals surface area contributed by atoms with Crippen molar-refractivity contribution in [3.8, 4) is 0 Å². The van der Waals surface area contributed by atoms with Gasteiger partial charge in [-0.2, -0.15) is 0 Å². The number of hydrogen-bond acceptors (Lipinski definition) is 3. The van der Waals surface area contributed by atoms with Gasteiger partial charge in [0.15, 0.2) is 0 Å². The molecule has 0 radical (unpaired) electrons. The Morgan fingerprint density at radius 3 is 2.67 bits per heavy atom. The minimum absolute atomic E-state index is 0.0542. The lowest BCUT2D eigenvalue weighted by atomic mass is 10.1. The van der Waals surface area contributed by atoms with E-state index in [0.29, 0.717) is 12.6 Å². The van der Waals surface area contributed by atoms with Gasteiger partial charge in [-0.1, -0.05) is 24.3 Å². The molecule has 4 rings (SSSR count). The van der Waals surface area contributed by atoms with E-state index in [1.54, 1.807) is 12.5 Å². The monoisotopic (exact) mass is 367 g/mol. The van der Waals surface area contributed by atoms with Crippen molar-refractivity contribution in [3.63, 3.8) is 0 Å². The number of amides is 2. The standard InChI is InChI=1S/C21H29N5O/c1-17(26-10-7-22-16-26)15-23-21(27)25-9-4-8-24(11-12-25)20-13-18-5-2-3-6-19(18)14-20/h2-3,5-7,10,16-17,20H,4,8-9,11-15H2,1H3,(H,23,27)/t17-/m0/s1. The number of benzene rings is 1. The Bertz CT molecular complexity index is 735. The third-order valence-corrected chi connectivity index (χ3v) is 5.95. The maximum absolute atomic E-state index is 12.6. The van der Waals surface area contributed by atoms with Crippen LogP contribution in [0, 0.1) is 0 Å². The summed E-state index contributed by atoms with van der Waals surface area (Å²) in [6.07, 6.45) is 8.82. The van der Waals surface area contributed by atoms with E-state index in [-0.39, 0.29) is 12.1 Å². The normalized spacial score (nSPS) is 19.5. The minimum atomic E-state index is 0.0542. The van der Waals surface area contributed by atoms with Gasteiger partial charge in [-0.25, -0.2) is 9.78 Å². The molecule has 6 heteroatoms. The first kappa shape index (κ1) is 18.0. The predicted octanol–water partition coefficient (Wildman–Crippen LogP) is 2.33. The maximum Gasteiger partial charge on any atom is 0.317 e. The van der Waals surface area contributed by atoms with Gasteiger partial charge in [-0.05, 0) is 37.3 Å². The minimum Gasteiger partial charge on any atom is -0.336 e. The third-order valence-electron chi connectivity index (χ3n) is 5.95. The third kappa shape index (κ3) is 4.16. The number of nitrogens with one attached hydrogen (secondary N) is 1. The molecule has 2 aromatic rings. The summed E-state index contributed by atoms with van der Waals surface area (Å²) in [5.41, 5.74) is 2.99. The number of carbonyl (C=O) groups excluding carboxylic acids is 1. The molecule has 27 heavy (non-hydrogen) atoms. The molecule has 1 aliphatic carbocycles. The number of carbonyl (C=O) groups is 1. The molecule has 1 aromatic heterocycles. The molecule has 2 amide bonds. The van der Waals surface area contributed by atoms with Gasteiger partial charge >= 0.3 is 6.03 Å². The lowest BCUT2D eigenvalue weighted by molar-refractivity contribution is 0.188. The van der Waals surface area contributed by atoms with Crippen LogP contribution in [0.2, 0.25) is 0 Å². The first-order valence-electron chi connectivity index (χ1n) is 10.0. The van der Waals surface area contributed by atoms with E-state index in [2.05, 4.69) is 46.4 Å². The summed E-state index contributed by atoms with van der Waals surface area (Å²) in [6.45, 7) is 6.38.